The molecular weight excluding hydrogens is 276 g/mol. The molecule has 0 bridgehead atoms. The van der Waals surface area contributed by atoms with Crippen molar-refractivity contribution in [3.8, 4) is 0 Å². The van der Waals surface area contributed by atoms with Gasteiger partial charge in [0.05, 0.1) is 6.54 Å². The first kappa shape index (κ1) is 13.5. The summed E-state index contributed by atoms with van der Waals surface area (Å²) in [7, 11) is 0. The van der Waals surface area contributed by atoms with Crippen LogP contribution in [0.1, 0.15) is 16.9 Å². The second-order valence-corrected chi connectivity index (χ2v) is 7.45. The summed E-state index contributed by atoms with van der Waals surface area (Å²) in [5.74, 6) is 3.56. The quantitative estimate of drug-likeness (QED) is 0.922. The molecule has 3 rings (SSSR count). The maximum absolute atomic E-state index is 12.2. The number of carbonyl (C=O) groups excluding carboxylic acids is 1. The molecule has 1 aromatic heterocycles. The molecule has 1 N–H and O–H groups in total. The van der Waals surface area contributed by atoms with Crippen LogP contribution >= 0.6 is 23.1 Å². The van der Waals surface area contributed by atoms with E-state index >= 15 is 0 Å². The summed E-state index contributed by atoms with van der Waals surface area (Å²) < 4.78 is 0. The van der Waals surface area contributed by atoms with Crippen LogP contribution in [0.4, 0.5) is 0 Å². The van der Waals surface area contributed by atoms with Crippen molar-refractivity contribution < 1.29 is 4.79 Å². The first-order chi connectivity index (χ1) is 9.33. The third kappa shape index (κ3) is 3.33. The Kier molecular flexibility index (Phi) is 4.45. The van der Waals surface area contributed by atoms with Gasteiger partial charge in [-0.3, -0.25) is 4.79 Å². The summed E-state index contributed by atoms with van der Waals surface area (Å²) >= 11 is 3.85. The fourth-order valence-corrected chi connectivity index (χ4v) is 4.87. The molecule has 5 heteroatoms. The average Bonchev–Trinajstić information content (AvgIpc) is 3.08. The number of amides is 1. The molecule has 0 spiro atoms. The highest BCUT2D eigenvalue weighted by atomic mass is 32.2. The number of fused-ring (bicyclic) bond motifs is 1. The lowest BCUT2D eigenvalue weighted by molar-refractivity contribution is -0.131. The van der Waals surface area contributed by atoms with E-state index in [1.165, 1.54) is 28.4 Å². The van der Waals surface area contributed by atoms with Gasteiger partial charge in [-0.05, 0) is 53.8 Å². The Bertz CT molecular complexity index is 440. The molecule has 0 aromatic carbocycles. The van der Waals surface area contributed by atoms with E-state index in [0.29, 0.717) is 6.54 Å². The van der Waals surface area contributed by atoms with Crippen molar-refractivity contribution in [1.82, 2.24) is 10.2 Å². The minimum atomic E-state index is 0.252. The predicted octanol–water partition coefficient (Wildman–Crippen LogP) is 1.98. The maximum atomic E-state index is 12.2. The SMILES string of the molecule is O=C(CNCC1CCSC1)N1CCc2sccc2C1. The maximum Gasteiger partial charge on any atom is 0.236 e. The third-order valence-electron chi connectivity index (χ3n) is 3.89. The van der Waals surface area contributed by atoms with E-state index in [4.69, 9.17) is 0 Å². The van der Waals surface area contributed by atoms with Crippen LogP contribution in [-0.4, -0.2) is 41.9 Å². The van der Waals surface area contributed by atoms with Crippen LogP contribution in [0.25, 0.3) is 0 Å². The highest BCUT2D eigenvalue weighted by Gasteiger charge is 2.21. The molecule has 1 unspecified atom stereocenters. The van der Waals surface area contributed by atoms with Crippen molar-refractivity contribution in [1.29, 1.82) is 0 Å². The summed E-state index contributed by atoms with van der Waals surface area (Å²) in [6.07, 6.45) is 2.33. The molecule has 3 nitrogen and oxygen atoms in total. The topological polar surface area (TPSA) is 32.3 Å². The molecule has 1 atom stereocenters. The summed E-state index contributed by atoms with van der Waals surface area (Å²) in [6, 6.07) is 2.16. The number of nitrogens with one attached hydrogen (secondary N) is 1. The van der Waals surface area contributed by atoms with Crippen molar-refractivity contribution in [3.63, 3.8) is 0 Å². The van der Waals surface area contributed by atoms with Crippen LogP contribution in [0.3, 0.4) is 0 Å². The minimum Gasteiger partial charge on any atom is -0.337 e. The van der Waals surface area contributed by atoms with Crippen molar-refractivity contribution in [2.75, 3.05) is 31.1 Å². The van der Waals surface area contributed by atoms with Crippen LogP contribution in [0.5, 0.6) is 0 Å². The lowest BCUT2D eigenvalue weighted by Gasteiger charge is -2.27. The van der Waals surface area contributed by atoms with E-state index in [9.17, 15) is 4.79 Å². The van der Waals surface area contributed by atoms with Gasteiger partial charge in [0, 0.05) is 18.0 Å². The average molecular weight is 296 g/mol. The van der Waals surface area contributed by atoms with Crippen LogP contribution in [-0.2, 0) is 17.8 Å². The molecule has 1 aromatic rings. The van der Waals surface area contributed by atoms with Gasteiger partial charge in [0.1, 0.15) is 0 Å². The van der Waals surface area contributed by atoms with Gasteiger partial charge in [0.25, 0.3) is 0 Å². The van der Waals surface area contributed by atoms with Gasteiger partial charge in [0.15, 0.2) is 0 Å². The smallest absolute Gasteiger partial charge is 0.236 e. The molecule has 1 amide bonds. The van der Waals surface area contributed by atoms with Crippen molar-refractivity contribution >= 4 is 29.0 Å². The molecule has 0 aliphatic carbocycles. The molecule has 2 aliphatic heterocycles. The van der Waals surface area contributed by atoms with Crippen molar-refractivity contribution in [2.24, 2.45) is 5.92 Å². The monoisotopic (exact) mass is 296 g/mol. The van der Waals surface area contributed by atoms with Gasteiger partial charge < -0.3 is 10.2 Å². The number of nitrogens with zero attached hydrogens (tertiary/aromatic N) is 1. The first-order valence-corrected chi connectivity index (χ1v) is 8.98. The van der Waals surface area contributed by atoms with E-state index in [-0.39, 0.29) is 5.91 Å². The Labute approximate surface area is 122 Å². The Hall–Kier alpha value is -0.520. The standard InChI is InChI=1S/C14H20N2OS2/c17-14(8-15-7-11-2-5-18-10-11)16-4-1-13-12(9-16)3-6-19-13/h3,6,11,15H,1-2,4-5,7-10H2. The summed E-state index contributed by atoms with van der Waals surface area (Å²) in [5, 5.41) is 5.47. The van der Waals surface area contributed by atoms with Crippen LogP contribution in [0.2, 0.25) is 0 Å². The van der Waals surface area contributed by atoms with Gasteiger partial charge in [-0.15, -0.1) is 11.3 Å². The van der Waals surface area contributed by atoms with E-state index in [1.54, 1.807) is 0 Å². The van der Waals surface area contributed by atoms with Crippen molar-refractivity contribution in [3.05, 3.63) is 21.9 Å². The van der Waals surface area contributed by atoms with Gasteiger partial charge in [-0.25, -0.2) is 0 Å². The van der Waals surface area contributed by atoms with E-state index in [1.807, 2.05) is 28.0 Å². The number of thioether (sulfide) groups is 1. The van der Waals surface area contributed by atoms with E-state index in [0.717, 1.165) is 32.0 Å². The molecule has 104 valence electrons. The zero-order valence-electron chi connectivity index (χ0n) is 11.1. The largest absolute Gasteiger partial charge is 0.337 e. The predicted molar refractivity (Wildman–Crippen MR) is 81.7 cm³/mol. The van der Waals surface area contributed by atoms with Gasteiger partial charge in [-0.2, -0.15) is 11.8 Å². The number of rotatable bonds is 4. The molecule has 0 radical (unpaired) electrons. The van der Waals surface area contributed by atoms with E-state index < -0.39 is 0 Å². The molecule has 3 heterocycles. The van der Waals surface area contributed by atoms with Gasteiger partial charge >= 0.3 is 0 Å². The lowest BCUT2D eigenvalue weighted by atomic mass is 10.1. The Balaban J connectivity index is 1.43. The Morgan fingerprint density at radius 2 is 2.47 bits per heavy atom. The fourth-order valence-electron chi connectivity index (χ4n) is 2.70. The van der Waals surface area contributed by atoms with Gasteiger partial charge in [0.2, 0.25) is 5.91 Å². The number of carbonyl (C=O) groups is 1. The lowest BCUT2D eigenvalue weighted by Crippen LogP contribution is -2.41. The van der Waals surface area contributed by atoms with Gasteiger partial charge in [-0.1, -0.05) is 0 Å². The summed E-state index contributed by atoms with van der Waals surface area (Å²) in [5.41, 5.74) is 1.34. The normalized spacial score (nSPS) is 22.5. The second kappa shape index (κ2) is 6.29. The fraction of sp³-hybridized carbons (Fsp3) is 0.643. The first-order valence-electron chi connectivity index (χ1n) is 6.94. The molecule has 19 heavy (non-hydrogen) atoms. The van der Waals surface area contributed by atoms with E-state index in [2.05, 4.69) is 16.8 Å². The highest BCUT2D eigenvalue weighted by Crippen LogP contribution is 2.24. The third-order valence-corrected chi connectivity index (χ3v) is 6.15. The number of hydrogen-bond acceptors (Lipinski definition) is 4. The summed E-state index contributed by atoms with van der Waals surface area (Å²) in [6.45, 7) is 3.18. The summed E-state index contributed by atoms with van der Waals surface area (Å²) in [4.78, 5) is 15.6. The van der Waals surface area contributed by atoms with Crippen LogP contribution in [0.15, 0.2) is 11.4 Å². The Morgan fingerprint density at radius 3 is 3.32 bits per heavy atom. The van der Waals surface area contributed by atoms with Crippen LogP contribution in [0, 0.1) is 5.92 Å². The molecule has 2 aliphatic rings. The molecular formula is C14H20N2OS2. The molecule has 0 saturated carbocycles. The molecule has 1 saturated heterocycles. The highest BCUT2D eigenvalue weighted by molar-refractivity contribution is 7.99. The van der Waals surface area contributed by atoms with Crippen molar-refractivity contribution in [2.45, 2.75) is 19.4 Å². The van der Waals surface area contributed by atoms with Crippen LogP contribution < -0.4 is 5.32 Å². The minimum absolute atomic E-state index is 0.252. The molecule has 1 fully saturated rings. The zero-order chi connectivity index (χ0) is 13.1. The number of thiophene rings is 1. The second-order valence-electron chi connectivity index (χ2n) is 5.29. The Morgan fingerprint density at radius 1 is 1.53 bits per heavy atom. The number of hydrogen-bond donors (Lipinski definition) is 1. The zero-order valence-corrected chi connectivity index (χ0v) is 12.7.